The molecule has 0 fully saturated rings. The zero-order chi connectivity index (χ0) is 31.1. The highest BCUT2D eigenvalue weighted by Crippen LogP contribution is 2.29. The Balaban J connectivity index is 1.83. The average Bonchev–Trinajstić information content (AvgIpc) is 3.00. The first kappa shape index (κ1) is 32.1. The molecule has 4 aromatic rings. The Kier molecular flexibility index (Phi) is 10.5. The van der Waals surface area contributed by atoms with Gasteiger partial charge in [0.1, 0.15) is 12.6 Å². The Morgan fingerprint density at radius 2 is 1.51 bits per heavy atom. The van der Waals surface area contributed by atoms with E-state index >= 15 is 0 Å². The summed E-state index contributed by atoms with van der Waals surface area (Å²) in [5.41, 5.74) is 3.28. The van der Waals surface area contributed by atoms with Crippen molar-refractivity contribution in [2.24, 2.45) is 0 Å². The second-order valence-corrected chi connectivity index (χ2v) is 12.9. The van der Waals surface area contributed by atoms with Crippen LogP contribution < -0.4 is 9.62 Å². The summed E-state index contributed by atoms with van der Waals surface area (Å²) in [5, 5.41) is 3.42. The van der Waals surface area contributed by atoms with Crippen LogP contribution in [0.5, 0.6) is 0 Å². The van der Waals surface area contributed by atoms with E-state index in [9.17, 15) is 18.0 Å². The van der Waals surface area contributed by atoms with Crippen molar-refractivity contribution in [2.75, 3.05) is 17.9 Å². The summed E-state index contributed by atoms with van der Waals surface area (Å²) < 4.78 is 29.3. The predicted molar refractivity (Wildman–Crippen MR) is 172 cm³/mol. The molecule has 7 nitrogen and oxygen atoms in total. The van der Waals surface area contributed by atoms with Crippen LogP contribution in [-0.4, -0.2) is 44.8 Å². The number of nitrogens with one attached hydrogen (secondary N) is 1. The Bertz CT molecular complexity index is 1700. The van der Waals surface area contributed by atoms with Crippen LogP contribution in [0.15, 0.2) is 102 Å². The molecule has 0 spiro atoms. The highest BCUT2D eigenvalue weighted by molar-refractivity contribution is 7.92. The van der Waals surface area contributed by atoms with Crippen LogP contribution in [0.4, 0.5) is 5.69 Å². The maximum absolute atomic E-state index is 14.4. The van der Waals surface area contributed by atoms with Gasteiger partial charge in [0.2, 0.25) is 11.8 Å². The van der Waals surface area contributed by atoms with E-state index in [0.29, 0.717) is 26.9 Å². The minimum absolute atomic E-state index is 0.0446. The van der Waals surface area contributed by atoms with Gasteiger partial charge in [-0.25, -0.2) is 8.42 Å². The second kappa shape index (κ2) is 14.1. The maximum atomic E-state index is 14.4. The third kappa shape index (κ3) is 7.76. The smallest absolute Gasteiger partial charge is 0.264 e. The number of aryl methyl sites for hydroxylation is 2. The molecule has 4 aromatic carbocycles. The molecule has 0 aliphatic rings. The molecular weight excluding hydrogens is 605 g/mol. The summed E-state index contributed by atoms with van der Waals surface area (Å²) in [5.74, 6) is -0.970. The van der Waals surface area contributed by atoms with Crippen molar-refractivity contribution in [1.29, 1.82) is 0 Å². The molecule has 0 saturated carbocycles. The first-order valence-corrected chi connectivity index (χ1v) is 15.8. The predicted octanol–water partition coefficient (Wildman–Crippen LogP) is 6.19. The van der Waals surface area contributed by atoms with Crippen molar-refractivity contribution in [3.8, 4) is 0 Å². The van der Waals surface area contributed by atoms with Crippen molar-refractivity contribution in [3.05, 3.63) is 129 Å². The maximum Gasteiger partial charge on any atom is 0.264 e. The van der Waals surface area contributed by atoms with Gasteiger partial charge in [-0.2, -0.15) is 0 Å². The number of anilines is 1. The molecule has 1 atom stereocenters. The van der Waals surface area contributed by atoms with Crippen LogP contribution in [0.2, 0.25) is 10.0 Å². The molecule has 0 aliphatic heterocycles. The number of rotatable bonds is 11. The van der Waals surface area contributed by atoms with Crippen LogP contribution in [0.3, 0.4) is 0 Å². The highest BCUT2D eigenvalue weighted by Gasteiger charge is 2.35. The zero-order valence-electron chi connectivity index (χ0n) is 24.1. The molecule has 0 bridgehead atoms. The molecule has 43 heavy (non-hydrogen) atoms. The molecular formula is C33H33Cl2N3O4S. The SMILES string of the molecule is CNC(=O)[C@@H](Cc1ccccc1)N(Cc1ccc(Cl)cc1Cl)C(=O)CN(c1cc(C)ccc1C)S(=O)(=O)c1ccccc1. The van der Waals surface area contributed by atoms with Gasteiger partial charge >= 0.3 is 0 Å². The van der Waals surface area contributed by atoms with Gasteiger partial charge in [0, 0.05) is 30.1 Å². The Morgan fingerprint density at radius 3 is 2.14 bits per heavy atom. The van der Waals surface area contributed by atoms with Gasteiger partial charge in [-0.05, 0) is 66.4 Å². The number of sulfonamides is 1. The fraction of sp³-hybridized carbons (Fsp3) is 0.212. The Hall–Kier alpha value is -3.85. The molecule has 4 rings (SSSR count). The minimum atomic E-state index is -4.18. The minimum Gasteiger partial charge on any atom is -0.357 e. The molecule has 224 valence electrons. The van der Waals surface area contributed by atoms with Crippen molar-refractivity contribution < 1.29 is 18.0 Å². The third-order valence-corrected chi connectivity index (χ3v) is 9.48. The number of amides is 2. The van der Waals surface area contributed by atoms with E-state index in [-0.39, 0.29) is 17.9 Å². The largest absolute Gasteiger partial charge is 0.357 e. The molecule has 0 heterocycles. The van der Waals surface area contributed by atoms with E-state index < -0.39 is 34.4 Å². The Labute approximate surface area is 263 Å². The average molecular weight is 639 g/mol. The number of carbonyl (C=O) groups excluding carboxylic acids is 2. The molecule has 0 saturated heterocycles. The summed E-state index contributed by atoms with van der Waals surface area (Å²) in [6, 6.07) is 26.7. The number of halogens is 2. The Morgan fingerprint density at radius 1 is 0.860 bits per heavy atom. The number of carbonyl (C=O) groups is 2. The summed E-state index contributed by atoms with van der Waals surface area (Å²) in [4.78, 5) is 29.2. The first-order chi connectivity index (χ1) is 20.5. The number of hydrogen-bond donors (Lipinski definition) is 1. The van der Waals surface area contributed by atoms with Crippen LogP contribution in [0.25, 0.3) is 0 Å². The molecule has 10 heteroatoms. The van der Waals surface area contributed by atoms with E-state index in [1.807, 2.05) is 49.4 Å². The van der Waals surface area contributed by atoms with Gasteiger partial charge in [0.25, 0.3) is 10.0 Å². The van der Waals surface area contributed by atoms with Crippen LogP contribution >= 0.6 is 23.2 Å². The van der Waals surface area contributed by atoms with Gasteiger partial charge in [-0.1, -0.05) is 89.9 Å². The number of benzene rings is 4. The fourth-order valence-corrected chi connectivity index (χ4v) is 6.73. The van der Waals surface area contributed by atoms with Gasteiger partial charge < -0.3 is 10.2 Å². The van der Waals surface area contributed by atoms with E-state index in [1.165, 1.54) is 24.1 Å². The van der Waals surface area contributed by atoms with E-state index in [4.69, 9.17) is 23.2 Å². The van der Waals surface area contributed by atoms with Crippen LogP contribution in [0, 0.1) is 13.8 Å². The normalized spacial score (nSPS) is 11.9. The quantitative estimate of drug-likeness (QED) is 0.212. The fourth-order valence-electron chi connectivity index (χ4n) is 4.78. The summed E-state index contributed by atoms with van der Waals surface area (Å²) in [6.45, 7) is 3.05. The molecule has 0 aromatic heterocycles. The van der Waals surface area contributed by atoms with Crippen molar-refractivity contribution in [2.45, 2.75) is 37.8 Å². The topological polar surface area (TPSA) is 86.8 Å². The summed E-state index contributed by atoms with van der Waals surface area (Å²) in [7, 11) is -2.68. The lowest BCUT2D eigenvalue weighted by atomic mass is 10.0. The van der Waals surface area contributed by atoms with Gasteiger partial charge in [-0.3, -0.25) is 13.9 Å². The van der Waals surface area contributed by atoms with Gasteiger partial charge in [0.15, 0.2) is 0 Å². The van der Waals surface area contributed by atoms with Gasteiger partial charge in [-0.15, -0.1) is 0 Å². The molecule has 1 N–H and O–H groups in total. The van der Waals surface area contributed by atoms with Crippen molar-refractivity contribution in [3.63, 3.8) is 0 Å². The van der Waals surface area contributed by atoms with E-state index in [1.54, 1.807) is 49.4 Å². The molecule has 0 aliphatic carbocycles. The standard InChI is InChI=1S/C33H33Cl2N3O4S/c1-23-14-15-24(2)30(18-23)38(43(41,42)28-12-8-5-9-13-28)22-32(39)37(21-26-16-17-27(34)20-29(26)35)31(33(40)36-3)19-25-10-6-4-7-11-25/h4-18,20,31H,19,21-22H2,1-3H3,(H,36,40)/t31-/m1/s1. The van der Waals surface area contributed by atoms with Crippen molar-refractivity contribution in [1.82, 2.24) is 10.2 Å². The monoisotopic (exact) mass is 637 g/mol. The number of nitrogens with zero attached hydrogens (tertiary/aromatic N) is 2. The van der Waals surface area contributed by atoms with Gasteiger partial charge in [0.05, 0.1) is 10.6 Å². The third-order valence-electron chi connectivity index (χ3n) is 7.12. The first-order valence-electron chi connectivity index (χ1n) is 13.6. The summed E-state index contributed by atoms with van der Waals surface area (Å²) >= 11 is 12.6. The lowest BCUT2D eigenvalue weighted by molar-refractivity contribution is -0.139. The zero-order valence-corrected chi connectivity index (χ0v) is 26.5. The molecule has 2 amide bonds. The number of hydrogen-bond acceptors (Lipinski definition) is 4. The highest BCUT2D eigenvalue weighted by atomic mass is 35.5. The lowest BCUT2D eigenvalue weighted by Crippen LogP contribution is -2.53. The second-order valence-electron chi connectivity index (χ2n) is 10.2. The molecule has 0 unspecified atom stereocenters. The summed E-state index contributed by atoms with van der Waals surface area (Å²) in [6.07, 6.45) is 0.201. The van der Waals surface area contributed by atoms with E-state index in [0.717, 1.165) is 15.4 Å². The van der Waals surface area contributed by atoms with Crippen LogP contribution in [-0.2, 0) is 32.6 Å². The number of likely N-dealkylation sites (N-methyl/N-ethyl adjacent to an activating group) is 1. The lowest BCUT2D eigenvalue weighted by Gasteiger charge is -2.34. The van der Waals surface area contributed by atoms with E-state index in [2.05, 4.69) is 5.32 Å². The molecule has 0 radical (unpaired) electrons. The van der Waals surface area contributed by atoms with Crippen molar-refractivity contribution >= 4 is 50.7 Å². The van der Waals surface area contributed by atoms with Crippen LogP contribution in [0.1, 0.15) is 22.3 Å².